The molecule has 0 aromatic carbocycles. The lowest BCUT2D eigenvalue weighted by molar-refractivity contribution is -0.933. The summed E-state index contributed by atoms with van der Waals surface area (Å²) in [5, 5.41) is 0. The molecule has 0 aliphatic carbocycles. The van der Waals surface area contributed by atoms with Gasteiger partial charge in [0, 0.05) is 25.7 Å². The Kier molecular flexibility index (Phi) is 14.8. The molecule has 1 aliphatic rings. The molecule has 1 aliphatic heterocycles. The van der Waals surface area contributed by atoms with Crippen LogP contribution in [0.3, 0.4) is 0 Å². The first-order valence-electron chi connectivity index (χ1n) is 15.9. The van der Waals surface area contributed by atoms with E-state index in [0.29, 0.717) is 0 Å². The van der Waals surface area contributed by atoms with Gasteiger partial charge in [-0.15, -0.1) is 0 Å². The molecule has 1 fully saturated rings. The number of halogens is 34. The lowest BCUT2D eigenvalue weighted by atomic mass is 9.87. The molecule has 372 valence electrons. The van der Waals surface area contributed by atoms with Crippen LogP contribution >= 0.6 is 0 Å². The van der Waals surface area contributed by atoms with Gasteiger partial charge in [-0.3, -0.25) is 0 Å². The van der Waals surface area contributed by atoms with Crippen LogP contribution in [0.5, 0.6) is 0 Å². The lowest BCUT2D eigenvalue weighted by Crippen LogP contribution is -2.74. The minimum Gasteiger partial charge on any atom is -0.324 e. The standard InChI is InChI=1S/C27H22F34N/c28-12(29,14(32,33)16(36,37)18(40,41)20(44,45)22(48,49)24(52,53)26(56,57)58)6-4-10-62(8-2-1-3-9-62)11-5-7-13(30,31)15(34,35)17(38,39)19(42,43)21(46,47)23(50,51)25(54,55)27(59,60)61/h1-11H2/q+1. The van der Waals surface area contributed by atoms with Gasteiger partial charge >= 0.3 is 95.3 Å². The van der Waals surface area contributed by atoms with Crippen LogP contribution in [0.25, 0.3) is 0 Å². The van der Waals surface area contributed by atoms with Crippen LogP contribution in [0.1, 0.15) is 44.9 Å². The van der Waals surface area contributed by atoms with E-state index in [4.69, 9.17) is 0 Å². The van der Waals surface area contributed by atoms with Gasteiger partial charge in [0.2, 0.25) is 0 Å². The van der Waals surface area contributed by atoms with Crippen LogP contribution in [0.4, 0.5) is 149 Å². The molecule has 1 saturated heterocycles. The van der Waals surface area contributed by atoms with Gasteiger partial charge in [0.05, 0.1) is 26.2 Å². The quantitative estimate of drug-likeness (QED) is 0.0842. The van der Waals surface area contributed by atoms with Gasteiger partial charge in [-0.1, -0.05) is 0 Å². The van der Waals surface area contributed by atoms with Crippen molar-refractivity contribution in [1.29, 1.82) is 0 Å². The molecule has 0 radical (unpaired) electrons. The maximum absolute atomic E-state index is 14.4. The van der Waals surface area contributed by atoms with Crippen LogP contribution in [-0.2, 0) is 0 Å². The first-order chi connectivity index (χ1) is 26.6. The minimum absolute atomic E-state index is 0.00350. The fourth-order valence-corrected chi connectivity index (χ4v) is 5.72. The number of nitrogens with zero attached hydrogens (tertiary/aromatic N) is 1. The van der Waals surface area contributed by atoms with E-state index < -0.39 is 152 Å². The number of rotatable bonds is 20. The van der Waals surface area contributed by atoms with Crippen LogP contribution in [0, 0.1) is 0 Å². The summed E-state index contributed by atoms with van der Waals surface area (Å²) in [5.74, 6) is -118. The van der Waals surface area contributed by atoms with Gasteiger partial charge in [-0.05, 0) is 19.3 Å². The maximum Gasteiger partial charge on any atom is 0.460 e. The van der Waals surface area contributed by atoms with Gasteiger partial charge < -0.3 is 4.48 Å². The summed E-state index contributed by atoms with van der Waals surface area (Å²) >= 11 is 0. The zero-order valence-corrected chi connectivity index (χ0v) is 29.1. The predicted octanol–water partition coefficient (Wildman–Crippen LogP) is 13.6. The molecule has 0 atom stereocenters. The van der Waals surface area contributed by atoms with E-state index in [-0.39, 0.29) is 19.3 Å². The van der Waals surface area contributed by atoms with Crippen molar-refractivity contribution < 1.29 is 154 Å². The normalized spacial score (nSPS) is 18.7. The monoisotopic (exact) mass is 1010 g/mol. The molecular weight excluding hydrogens is 984 g/mol. The minimum atomic E-state index is -8.96. The van der Waals surface area contributed by atoms with Crippen molar-refractivity contribution in [3.05, 3.63) is 0 Å². The molecule has 0 bridgehead atoms. The third kappa shape index (κ3) is 8.24. The van der Waals surface area contributed by atoms with Gasteiger partial charge in [-0.25, -0.2) is 0 Å². The van der Waals surface area contributed by atoms with Crippen molar-refractivity contribution in [1.82, 2.24) is 0 Å². The predicted molar refractivity (Wildman–Crippen MR) is 133 cm³/mol. The van der Waals surface area contributed by atoms with Crippen molar-refractivity contribution in [2.45, 2.75) is 140 Å². The van der Waals surface area contributed by atoms with Crippen LogP contribution in [-0.4, -0.2) is 126 Å². The Labute approximate surface area is 321 Å². The number of quaternary nitrogens is 1. The highest BCUT2D eigenvalue weighted by Gasteiger charge is 2.97. The molecule has 35 heteroatoms. The Hall–Kier alpha value is -2.42. The lowest BCUT2D eigenvalue weighted by Gasteiger charge is -2.44. The highest BCUT2D eigenvalue weighted by atomic mass is 19.4. The summed E-state index contributed by atoms with van der Waals surface area (Å²) in [6.45, 7) is -4.30. The number of likely N-dealkylation sites (tertiary alicyclic amines) is 1. The van der Waals surface area contributed by atoms with E-state index in [0.717, 1.165) is 0 Å². The summed E-state index contributed by atoms with van der Waals surface area (Å²) in [6.07, 6.45) is -26.7. The summed E-state index contributed by atoms with van der Waals surface area (Å²) in [5.41, 5.74) is 0. The second-order valence-corrected chi connectivity index (χ2v) is 13.8. The van der Waals surface area contributed by atoms with Gasteiger partial charge in [0.1, 0.15) is 0 Å². The van der Waals surface area contributed by atoms with E-state index in [1.165, 1.54) is 0 Å². The molecule has 0 saturated carbocycles. The summed E-state index contributed by atoms with van der Waals surface area (Å²) in [7, 11) is 0. The molecule has 1 nitrogen and oxygen atoms in total. The third-order valence-corrected chi connectivity index (χ3v) is 9.59. The summed E-state index contributed by atoms with van der Waals surface area (Å²) < 4.78 is 459. The Morgan fingerprint density at radius 3 is 0.645 bits per heavy atom. The average Bonchev–Trinajstić information content (AvgIpc) is 3.06. The van der Waals surface area contributed by atoms with Gasteiger partial charge in [-0.2, -0.15) is 149 Å². The molecule has 0 aromatic rings. The van der Waals surface area contributed by atoms with Crippen molar-refractivity contribution in [2.75, 3.05) is 26.2 Å². The number of hydrogen-bond donors (Lipinski definition) is 0. The second kappa shape index (κ2) is 15.9. The number of hydrogen-bond acceptors (Lipinski definition) is 0. The topological polar surface area (TPSA) is 0 Å². The zero-order valence-electron chi connectivity index (χ0n) is 29.1. The molecule has 0 N–H and O–H groups in total. The molecule has 1 heterocycles. The second-order valence-electron chi connectivity index (χ2n) is 13.8. The smallest absolute Gasteiger partial charge is 0.324 e. The van der Waals surface area contributed by atoms with E-state index in [9.17, 15) is 149 Å². The van der Waals surface area contributed by atoms with E-state index in [1.54, 1.807) is 0 Å². The van der Waals surface area contributed by atoms with Crippen LogP contribution in [0.15, 0.2) is 0 Å². The summed E-state index contributed by atoms with van der Waals surface area (Å²) in [6, 6.07) is 0. The Bertz CT molecular complexity index is 1420. The largest absolute Gasteiger partial charge is 0.460 e. The van der Waals surface area contributed by atoms with E-state index in [1.807, 2.05) is 0 Å². The van der Waals surface area contributed by atoms with Crippen LogP contribution in [0.2, 0.25) is 0 Å². The van der Waals surface area contributed by atoms with Crippen molar-refractivity contribution in [2.24, 2.45) is 0 Å². The maximum atomic E-state index is 14.4. The average molecular weight is 1010 g/mol. The van der Waals surface area contributed by atoms with Crippen molar-refractivity contribution in [3.63, 3.8) is 0 Å². The molecule has 0 spiro atoms. The van der Waals surface area contributed by atoms with E-state index >= 15 is 0 Å². The first kappa shape index (κ1) is 57.6. The van der Waals surface area contributed by atoms with E-state index in [2.05, 4.69) is 0 Å². The van der Waals surface area contributed by atoms with Crippen molar-refractivity contribution >= 4 is 0 Å². The molecule has 0 aromatic heterocycles. The molecule has 62 heavy (non-hydrogen) atoms. The summed E-state index contributed by atoms with van der Waals surface area (Å²) in [4.78, 5) is 0. The zero-order chi connectivity index (χ0) is 50.3. The highest BCUT2D eigenvalue weighted by molar-refractivity contribution is 5.16. The highest BCUT2D eigenvalue weighted by Crippen LogP contribution is 2.66. The Morgan fingerprint density at radius 1 is 0.242 bits per heavy atom. The number of piperidine rings is 1. The van der Waals surface area contributed by atoms with Crippen LogP contribution < -0.4 is 0 Å². The molecular formula is C27H22F34N+. The molecule has 0 unspecified atom stereocenters. The fraction of sp³-hybridized carbons (Fsp3) is 1.00. The Balaban J connectivity index is 3.42. The molecule has 0 amide bonds. The molecule has 1 rings (SSSR count). The number of alkyl halides is 34. The Morgan fingerprint density at radius 2 is 0.435 bits per heavy atom. The van der Waals surface area contributed by atoms with Gasteiger partial charge in [0.15, 0.2) is 0 Å². The SMILES string of the molecule is FC(F)(F)C(F)(F)C(F)(F)C(F)(F)C(F)(F)C(F)(F)C(F)(F)C(F)(F)CCC[N+]1(CCCC(F)(F)C(F)(F)C(F)(F)C(F)(F)C(F)(F)C(F)(F)C(F)(F)C(F)(F)F)CCCCC1. The fourth-order valence-electron chi connectivity index (χ4n) is 5.72. The van der Waals surface area contributed by atoms with Gasteiger partial charge in [0.25, 0.3) is 0 Å². The van der Waals surface area contributed by atoms with Crippen molar-refractivity contribution in [3.8, 4) is 0 Å². The first-order valence-corrected chi connectivity index (χ1v) is 15.9. The third-order valence-electron chi connectivity index (χ3n) is 9.59.